The van der Waals surface area contributed by atoms with E-state index >= 15 is 0 Å². The molecule has 0 saturated carbocycles. The number of para-hydroxylation sites is 1. The fourth-order valence-corrected chi connectivity index (χ4v) is 2.47. The van der Waals surface area contributed by atoms with Gasteiger partial charge in [-0.15, -0.1) is 0 Å². The molecule has 1 unspecified atom stereocenters. The highest BCUT2D eigenvalue weighted by Crippen LogP contribution is 2.31. The van der Waals surface area contributed by atoms with Crippen molar-refractivity contribution >= 4 is 0 Å². The van der Waals surface area contributed by atoms with E-state index in [9.17, 15) is 5.11 Å². The topological polar surface area (TPSA) is 55.5 Å². The average Bonchev–Trinajstić information content (AvgIpc) is 3.02. The first-order valence-electron chi connectivity index (χ1n) is 8.06. The molecular weight excluding hydrogens is 302 g/mol. The number of oxazole rings is 1. The minimum Gasteiger partial charge on any atom is -0.457 e. The first kappa shape index (κ1) is 16.3. The molecule has 1 atom stereocenters. The smallest absolute Gasteiger partial charge is 0.226 e. The second-order valence-corrected chi connectivity index (χ2v) is 6.04. The molecule has 0 radical (unpaired) electrons. The van der Waals surface area contributed by atoms with Crippen LogP contribution in [0.2, 0.25) is 0 Å². The van der Waals surface area contributed by atoms with Crippen LogP contribution in [0.3, 0.4) is 0 Å². The monoisotopic (exact) mass is 323 g/mol. The molecule has 1 N–H and O–H groups in total. The van der Waals surface area contributed by atoms with Crippen molar-refractivity contribution in [3.63, 3.8) is 0 Å². The third kappa shape index (κ3) is 3.49. The van der Waals surface area contributed by atoms with Crippen LogP contribution in [0.4, 0.5) is 0 Å². The molecule has 0 aliphatic rings. The van der Waals surface area contributed by atoms with E-state index in [1.807, 2.05) is 68.4 Å². The van der Waals surface area contributed by atoms with Gasteiger partial charge in [-0.2, -0.15) is 0 Å². The fourth-order valence-electron chi connectivity index (χ4n) is 2.47. The van der Waals surface area contributed by atoms with Gasteiger partial charge in [-0.3, -0.25) is 0 Å². The largest absolute Gasteiger partial charge is 0.457 e. The van der Waals surface area contributed by atoms with E-state index in [4.69, 9.17) is 9.15 Å². The number of hydrogen-bond acceptors (Lipinski definition) is 4. The van der Waals surface area contributed by atoms with E-state index in [-0.39, 0.29) is 5.92 Å². The average molecular weight is 323 g/mol. The summed E-state index contributed by atoms with van der Waals surface area (Å²) in [4.78, 5) is 4.55. The van der Waals surface area contributed by atoms with Crippen molar-refractivity contribution in [2.24, 2.45) is 0 Å². The third-order valence-corrected chi connectivity index (χ3v) is 3.69. The van der Waals surface area contributed by atoms with Crippen LogP contribution in [0.1, 0.15) is 44.2 Å². The standard InChI is InChI=1S/C20H21NO3/c1-13(2)18-19(14(3)22)24-20(21-18)15-9-11-17(12-10-15)23-16-7-5-4-6-8-16/h4-14,22H,1-3H3. The Balaban J connectivity index is 1.84. The van der Waals surface area contributed by atoms with Crippen LogP contribution in [-0.4, -0.2) is 10.1 Å². The van der Waals surface area contributed by atoms with E-state index in [0.29, 0.717) is 11.7 Å². The molecular formula is C20H21NO3. The Morgan fingerprint density at radius 1 is 0.917 bits per heavy atom. The van der Waals surface area contributed by atoms with Crippen molar-refractivity contribution in [2.45, 2.75) is 32.8 Å². The molecule has 0 fully saturated rings. The minimum absolute atomic E-state index is 0.188. The summed E-state index contributed by atoms with van der Waals surface area (Å²) in [6.45, 7) is 5.75. The Kier molecular flexibility index (Phi) is 4.67. The zero-order valence-electron chi connectivity index (χ0n) is 14.1. The lowest BCUT2D eigenvalue weighted by Crippen LogP contribution is -1.97. The first-order valence-corrected chi connectivity index (χ1v) is 8.06. The molecule has 0 bridgehead atoms. The van der Waals surface area contributed by atoms with Gasteiger partial charge >= 0.3 is 0 Å². The van der Waals surface area contributed by atoms with Crippen molar-refractivity contribution in [2.75, 3.05) is 0 Å². The molecule has 1 heterocycles. The number of nitrogens with zero attached hydrogens (tertiary/aromatic N) is 1. The van der Waals surface area contributed by atoms with Crippen LogP contribution >= 0.6 is 0 Å². The SMILES string of the molecule is CC(C)c1nc(-c2ccc(Oc3ccccc3)cc2)oc1C(C)O. The molecule has 1 aromatic heterocycles. The second-order valence-electron chi connectivity index (χ2n) is 6.04. The summed E-state index contributed by atoms with van der Waals surface area (Å²) in [6.07, 6.45) is -0.677. The van der Waals surface area contributed by atoms with Gasteiger partial charge in [0.25, 0.3) is 0 Å². The highest BCUT2D eigenvalue weighted by Gasteiger charge is 2.20. The summed E-state index contributed by atoms with van der Waals surface area (Å²) in [5, 5.41) is 9.87. The molecule has 0 aliphatic carbocycles. The van der Waals surface area contributed by atoms with Crippen molar-refractivity contribution in [3.05, 3.63) is 66.1 Å². The van der Waals surface area contributed by atoms with Gasteiger partial charge in [-0.05, 0) is 49.2 Å². The summed E-state index contributed by atoms with van der Waals surface area (Å²) in [6, 6.07) is 17.2. The highest BCUT2D eigenvalue weighted by molar-refractivity contribution is 5.55. The molecule has 3 rings (SSSR count). The van der Waals surface area contributed by atoms with Gasteiger partial charge in [0.2, 0.25) is 5.89 Å². The lowest BCUT2D eigenvalue weighted by Gasteiger charge is -2.05. The van der Waals surface area contributed by atoms with E-state index in [2.05, 4.69) is 4.98 Å². The Hall–Kier alpha value is -2.59. The fraction of sp³-hybridized carbons (Fsp3) is 0.250. The molecule has 0 aliphatic heterocycles. The summed E-state index contributed by atoms with van der Waals surface area (Å²) in [7, 11) is 0. The number of aromatic nitrogens is 1. The number of ether oxygens (including phenoxy) is 1. The van der Waals surface area contributed by atoms with Gasteiger partial charge in [0.1, 0.15) is 17.6 Å². The van der Waals surface area contributed by atoms with Gasteiger partial charge in [-0.25, -0.2) is 4.98 Å². The lowest BCUT2D eigenvalue weighted by atomic mass is 10.1. The molecule has 0 amide bonds. The maximum absolute atomic E-state index is 9.87. The molecule has 0 saturated heterocycles. The quantitative estimate of drug-likeness (QED) is 0.691. The summed E-state index contributed by atoms with van der Waals surface area (Å²) in [5.41, 5.74) is 1.65. The Bertz CT molecular complexity index is 764. The van der Waals surface area contributed by atoms with Crippen molar-refractivity contribution < 1.29 is 14.3 Å². The minimum atomic E-state index is -0.677. The zero-order valence-corrected chi connectivity index (χ0v) is 14.1. The maximum atomic E-state index is 9.87. The van der Waals surface area contributed by atoms with Crippen molar-refractivity contribution in [1.29, 1.82) is 0 Å². The maximum Gasteiger partial charge on any atom is 0.226 e. The Morgan fingerprint density at radius 2 is 1.54 bits per heavy atom. The third-order valence-electron chi connectivity index (χ3n) is 3.69. The predicted octanol–water partition coefficient (Wildman–Crippen LogP) is 5.31. The van der Waals surface area contributed by atoms with Crippen LogP contribution in [0.5, 0.6) is 11.5 Å². The van der Waals surface area contributed by atoms with Crippen LogP contribution in [0, 0.1) is 0 Å². The Morgan fingerprint density at radius 3 is 2.08 bits per heavy atom. The lowest BCUT2D eigenvalue weighted by molar-refractivity contribution is 0.168. The molecule has 4 nitrogen and oxygen atoms in total. The highest BCUT2D eigenvalue weighted by atomic mass is 16.5. The molecule has 0 spiro atoms. The van der Waals surface area contributed by atoms with Crippen LogP contribution in [0.15, 0.2) is 59.0 Å². The number of hydrogen-bond donors (Lipinski definition) is 1. The summed E-state index contributed by atoms with van der Waals surface area (Å²) < 4.78 is 11.6. The number of rotatable bonds is 5. The van der Waals surface area contributed by atoms with Crippen molar-refractivity contribution in [3.8, 4) is 23.0 Å². The van der Waals surface area contributed by atoms with E-state index in [1.54, 1.807) is 6.92 Å². The van der Waals surface area contributed by atoms with E-state index < -0.39 is 6.10 Å². The molecule has 124 valence electrons. The molecule has 24 heavy (non-hydrogen) atoms. The first-order chi connectivity index (χ1) is 11.5. The normalized spacial score (nSPS) is 12.4. The number of aliphatic hydroxyl groups excluding tert-OH is 1. The summed E-state index contributed by atoms with van der Waals surface area (Å²) >= 11 is 0. The predicted molar refractivity (Wildman–Crippen MR) is 93.2 cm³/mol. The van der Waals surface area contributed by atoms with Gasteiger partial charge < -0.3 is 14.3 Å². The molecule has 2 aromatic carbocycles. The van der Waals surface area contributed by atoms with E-state index in [0.717, 1.165) is 22.8 Å². The molecule has 4 heteroatoms. The van der Waals surface area contributed by atoms with Gasteiger partial charge in [0, 0.05) is 5.56 Å². The number of aliphatic hydroxyl groups is 1. The van der Waals surface area contributed by atoms with Crippen LogP contribution < -0.4 is 4.74 Å². The Labute approximate surface area is 141 Å². The number of benzene rings is 2. The second kappa shape index (κ2) is 6.89. The van der Waals surface area contributed by atoms with E-state index in [1.165, 1.54) is 0 Å². The van der Waals surface area contributed by atoms with Crippen LogP contribution in [-0.2, 0) is 0 Å². The van der Waals surface area contributed by atoms with Crippen LogP contribution in [0.25, 0.3) is 11.5 Å². The summed E-state index contributed by atoms with van der Waals surface area (Å²) in [5.74, 6) is 2.77. The van der Waals surface area contributed by atoms with Crippen molar-refractivity contribution in [1.82, 2.24) is 4.98 Å². The van der Waals surface area contributed by atoms with Gasteiger partial charge in [0.15, 0.2) is 5.76 Å². The van der Waals surface area contributed by atoms with Gasteiger partial charge in [-0.1, -0.05) is 32.0 Å². The zero-order chi connectivity index (χ0) is 17.1. The van der Waals surface area contributed by atoms with Gasteiger partial charge in [0.05, 0.1) is 5.69 Å². The molecule has 3 aromatic rings.